The van der Waals surface area contributed by atoms with Gasteiger partial charge in [-0.25, -0.2) is 0 Å². The first-order valence-corrected chi connectivity index (χ1v) is 13.9. The van der Waals surface area contributed by atoms with Crippen molar-refractivity contribution in [2.24, 2.45) is 0 Å². The number of benzene rings is 2. The van der Waals surface area contributed by atoms with Crippen molar-refractivity contribution in [3.05, 3.63) is 77.1 Å². The largest absolute Gasteiger partial charge is 0.497 e. The molecule has 40 heavy (non-hydrogen) atoms. The minimum Gasteiger partial charge on any atom is -0.497 e. The Hall–Kier alpha value is -3.82. The van der Waals surface area contributed by atoms with E-state index in [4.69, 9.17) is 9.47 Å². The number of hydrogen-bond acceptors (Lipinski definition) is 6. The summed E-state index contributed by atoms with van der Waals surface area (Å²) in [6.45, 7) is 7.86. The molecule has 9 nitrogen and oxygen atoms in total. The van der Waals surface area contributed by atoms with Gasteiger partial charge in [-0.15, -0.1) is 0 Å². The number of aromatic nitrogens is 1. The third-order valence-corrected chi connectivity index (χ3v) is 7.90. The quantitative estimate of drug-likeness (QED) is 0.455. The summed E-state index contributed by atoms with van der Waals surface area (Å²) in [6.07, 6.45) is 0. The van der Waals surface area contributed by atoms with Crippen molar-refractivity contribution in [3.63, 3.8) is 0 Å². The fourth-order valence-electron chi connectivity index (χ4n) is 5.33. The topological polar surface area (TPSA) is 70.5 Å². The van der Waals surface area contributed by atoms with Crippen LogP contribution in [0.1, 0.15) is 32.1 Å². The lowest BCUT2D eigenvalue weighted by atomic mass is 10.2. The van der Waals surface area contributed by atoms with E-state index in [1.165, 1.54) is 0 Å². The number of carbonyl (C=O) groups is 2. The number of amides is 2. The zero-order chi connectivity index (χ0) is 28.2. The van der Waals surface area contributed by atoms with Crippen LogP contribution >= 0.6 is 0 Å². The van der Waals surface area contributed by atoms with Crippen LogP contribution in [0.2, 0.25) is 0 Å². The van der Waals surface area contributed by atoms with Gasteiger partial charge in [0.05, 0.1) is 7.11 Å². The fraction of sp³-hybridized carbons (Fsp3) is 0.419. The number of nitrogens with zero attached hydrogens (tertiary/aromatic N) is 5. The van der Waals surface area contributed by atoms with Crippen molar-refractivity contribution in [2.75, 3.05) is 73.6 Å². The van der Waals surface area contributed by atoms with Crippen molar-refractivity contribution < 1.29 is 19.1 Å². The van der Waals surface area contributed by atoms with Gasteiger partial charge in [-0.05, 0) is 50.8 Å². The second-order valence-electron chi connectivity index (χ2n) is 10.7. The molecule has 5 rings (SSSR count). The number of likely N-dealkylation sites (N-methyl/N-ethyl adjacent to an activating group) is 2. The molecule has 2 amide bonds. The molecule has 0 spiro atoms. The third-order valence-electron chi connectivity index (χ3n) is 7.90. The van der Waals surface area contributed by atoms with E-state index in [1.54, 1.807) is 7.11 Å². The maximum absolute atomic E-state index is 14.3. The molecular weight excluding hydrogens is 506 g/mol. The van der Waals surface area contributed by atoms with Gasteiger partial charge < -0.3 is 29.1 Å². The molecule has 2 aliphatic heterocycles. The van der Waals surface area contributed by atoms with Gasteiger partial charge in [0.2, 0.25) is 0 Å². The first-order valence-electron chi connectivity index (χ1n) is 13.9. The summed E-state index contributed by atoms with van der Waals surface area (Å²) in [6, 6.07) is 17.4. The van der Waals surface area contributed by atoms with Crippen LogP contribution in [-0.2, 0) is 6.61 Å². The number of rotatable bonds is 7. The van der Waals surface area contributed by atoms with Crippen molar-refractivity contribution in [1.82, 2.24) is 24.2 Å². The van der Waals surface area contributed by atoms with Gasteiger partial charge in [0, 0.05) is 63.6 Å². The molecule has 212 valence electrons. The van der Waals surface area contributed by atoms with E-state index in [9.17, 15) is 9.59 Å². The van der Waals surface area contributed by atoms with Gasteiger partial charge in [0.15, 0.2) is 11.4 Å². The first-order chi connectivity index (χ1) is 19.4. The molecule has 2 aliphatic rings. The molecule has 0 aliphatic carbocycles. The summed E-state index contributed by atoms with van der Waals surface area (Å²) >= 11 is 0. The van der Waals surface area contributed by atoms with Gasteiger partial charge in [-0.2, -0.15) is 0 Å². The Balaban J connectivity index is 1.65. The summed E-state index contributed by atoms with van der Waals surface area (Å²) < 4.78 is 13.7. The van der Waals surface area contributed by atoms with Crippen molar-refractivity contribution >= 4 is 11.8 Å². The average Bonchev–Trinajstić information content (AvgIpc) is 3.28. The van der Waals surface area contributed by atoms with Crippen molar-refractivity contribution in [3.8, 4) is 17.2 Å². The lowest BCUT2D eigenvalue weighted by Gasteiger charge is -2.33. The van der Waals surface area contributed by atoms with Crippen LogP contribution in [-0.4, -0.2) is 110 Å². The number of ether oxygens (including phenoxy) is 2. The monoisotopic (exact) mass is 545 g/mol. The molecule has 0 saturated carbocycles. The Morgan fingerprint density at radius 3 is 1.77 bits per heavy atom. The Morgan fingerprint density at radius 2 is 1.25 bits per heavy atom. The Labute approximate surface area is 236 Å². The fourth-order valence-corrected chi connectivity index (χ4v) is 5.33. The summed E-state index contributed by atoms with van der Waals surface area (Å²) in [5.41, 5.74) is 3.24. The summed E-state index contributed by atoms with van der Waals surface area (Å²) in [7, 11) is 5.75. The molecule has 0 N–H and O–H groups in total. The molecule has 0 unspecified atom stereocenters. The maximum atomic E-state index is 14.3. The molecule has 9 heteroatoms. The van der Waals surface area contributed by atoms with E-state index in [0.29, 0.717) is 66.9 Å². The predicted molar refractivity (Wildman–Crippen MR) is 155 cm³/mol. The van der Waals surface area contributed by atoms with Gasteiger partial charge in [0.25, 0.3) is 11.8 Å². The number of piperazine rings is 2. The van der Waals surface area contributed by atoms with E-state index in [-0.39, 0.29) is 11.8 Å². The molecule has 3 heterocycles. The van der Waals surface area contributed by atoms with Crippen LogP contribution in [0.15, 0.2) is 54.6 Å². The predicted octanol–water partition coefficient (Wildman–Crippen LogP) is 3.15. The highest BCUT2D eigenvalue weighted by atomic mass is 16.5. The SMILES string of the molecule is COc1ccc(-n2c(C(=O)N3CCN(C)CC3)c(C)c(OCc3ccccc3)c2C(=O)N2CCN(C)CC2)cc1. The molecule has 0 atom stereocenters. The lowest BCUT2D eigenvalue weighted by molar-refractivity contribution is 0.0646. The van der Waals surface area contributed by atoms with Crippen LogP contribution in [0, 0.1) is 6.92 Å². The summed E-state index contributed by atoms with van der Waals surface area (Å²) in [5, 5.41) is 0. The zero-order valence-corrected chi connectivity index (χ0v) is 23.9. The second kappa shape index (κ2) is 12.1. The molecule has 2 fully saturated rings. The molecule has 1 aromatic heterocycles. The standard InChI is InChI=1S/C31H39N5O4/c1-23-27(30(37)34-18-14-32(2)15-19-34)36(25-10-12-26(39-4)13-11-25)28(31(38)35-20-16-33(3)17-21-35)29(23)40-22-24-8-6-5-7-9-24/h5-13H,14-22H2,1-4H3. The minimum absolute atomic E-state index is 0.0941. The van der Waals surface area contributed by atoms with Crippen molar-refractivity contribution in [1.29, 1.82) is 0 Å². The second-order valence-corrected chi connectivity index (χ2v) is 10.7. The average molecular weight is 546 g/mol. The van der Waals surface area contributed by atoms with E-state index in [2.05, 4.69) is 23.9 Å². The van der Waals surface area contributed by atoms with Gasteiger partial charge in [-0.1, -0.05) is 30.3 Å². The van der Waals surface area contributed by atoms with E-state index >= 15 is 0 Å². The normalized spacial score (nSPS) is 16.7. The highest BCUT2D eigenvalue weighted by Crippen LogP contribution is 2.36. The van der Waals surface area contributed by atoms with E-state index in [0.717, 1.165) is 31.7 Å². The van der Waals surface area contributed by atoms with Gasteiger partial charge >= 0.3 is 0 Å². The van der Waals surface area contributed by atoms with Crippen LogP contribution in [0.3, 0.4) is 0 Å². The molecule has 3 aromatic rings. The highest BCUT2D eigenvalue weighted by molar-refractivity contribution is 6.03. The summed E-state index contributed by atoms with van der Waals surface area (Å²) in [4.78, 5) is 36.7. The van der Waals surface area contributed by atoms with E-state index < -0.39 is 0 Å². The van der Waals surface area contributed by atoms with Gasteiger partial charge in [0.1, 0.15) is 18.1 Å². The molecule has 2 saturated heterocycles. The van der Waals surface area contributed by atoms with Crippen LogP contribution in [0.25, 0.3) is 5.69 Å². The zero-order valence-electron chi connectivity index (χ0n) is 23.9. The number of carbonyl (C=O) groups excluding carboxylic acids is 2. The number of methoxy groups -OCH3 is 1. The maximum Gasteiger partial charge on any atom is 0.274 e. The number of hydrogen-bond donors (Lipinski definition) is 0. The molecule has 0 bridgehead atoms. The van der Waals surface area contributed by atoms with Crippen molar-refractivity contribution in [2.45, 2.75) is 13.5 Å². The summed E-state index contributed by atoms with van der Waals surface area (Å²) in [5.74, 6) is 0.934. The lowest BCUT2D eigenvalue weighted by Crippen LogP contribution is -2.48. The first kappa shape index (κ1) is 27.7. The Bertz CT molecular complexity index is 1320. The highest BCUT2D eigenvalue weighted by Gasteiger charge is 2.36. The minimum atomic E-state index is -0.132. The molecule has 0 radical (unpaired) electrons. The Morgan fingerprint density at radius 1 is 0.725 bits per heavy atom. The molecular formula is C31H39N5O4. The molecule has 2 aromatic carbocycles. The van der Waals surface area contributed by atoms with E-state index in [1.807, 2.05) is 75.9 Å². The van der Waals surface area contributed by atoms with Gasteiger partial charge in [-0.3, -0.25) is 14.2 Å². The third kappa shape index (κ3) is 5.71. The van der Waals surface area contributed by atoms with Crippen LogP contribution in [0.5, 0.6) is 11.5 Å². The van der Waals surface area contributed by atoms with Crippen LogP contribution in [0.4, 0.5) is 0 Å². The smallest absolute Gasteiger partial charge is 0.274 e. The Kier molecular flexibility index (Phi) is 8.42. The van der Waals surface area contributed by atoms with Crippen LogP contribution < -0.4 is 9.47 Å².